The summed E-state index contributed by atoms with van der Waals surface area (Å²) in [5.74, 6) is 0.908. The van der Waals surface area contributed by atoms with Gasteiger partial charge in [0.05, 0.1) is 7.11 Å². The lowest BCUT2D eigenvalue weighted by Crippen LogP contribution is -1.90. The number of aromatic amines is 1. The van der Waals surface area contributed by atoms with Gasteiger partial charge in [0.1, 0.15) is 5.75 Å². The van der Waals surface area contributed by atoms with Crippen LogP contribution in [0.1, 0.15) is 22.8 Å². The molecule has 0 aliphatic rings. The Morgan fingerprint density at radius 2 is 2.13 bits per heavy atom. The van der Waals surface area contributed by atoms with Crippen molar-refractivity contribution in [3.63, 3.8) is 0 Å². The minimum absolute atomic E-state index is 0.0748. The third-order valence-electron chi connectivity index (χ3n) is 2.58. The summed E-state index contributed by atoms with van der Waals surface area (Å²) in [7, 11) is 1.64. The molecule has 0 spiro atoms. The molecule has 0 radical (unpaired) electrons. The van der Waals surface area contributed by atoms with Crippen molar-refractivity contribution in [2.45, 2.75) is 13.8 Å². The number of H-pyrrole nitrogens is 1. The third kappa shape index (κ3) is 1.50. The number of carbonyl (C=O) groups is 1. The fourth-order valence-corrected chi connectivity index (χ4v) is 1.77. The van der Waals surface area contributed by atoms with Gasteiger partial charge in [0, 0.05) is 28.7 Å². The highest BCUT2D eigenvalue weighted by atomic mass is 16.5. The molecule has 1 N–H and O–H groups in total. The van der Waals surface area contributed by atoms with E-state index in [1.807, 2.05) is 19.1 Å². The molecule has 2 rings (SSSR count). The van der Waals surface area contributed by atoms with Crippen LogP contribution in [0.3, 0.4) is 0 Å². The maximum atomic E-state index is 11.3. The number of aryl methyl sites for hydroxylation is 1. The van der Waals surface area contributed by atoms with E-state index in [0.29, 0.717) is 0 Å². The maximum absolute atomic E-state index is 11.3. The van der Waals surface area contributed by atoms with Gasteiger partial charge in [-0.1, -0.05) is 0 Å². The first-order chi connectivity index (χ1) is 7.13. The molecule has 3 nitrogen and oxygen atoms in total. The van der Waals surface area contributed by atoms with Gasteiger partial charge in [0.2, 0.25) is 0 Å². The van der Waals surface area contributed by atoms with Crippen LogP contribution in [0.15, 0.2) is 18.3 Å². The highest BCUT2D eigenvalue weighted by Crippen LogP contribution is 2.27. The van der Waals surface area contributed by atoms with E-state index in [1.54, 1.807) is 20.2 Å². The number of carbonyl (C=O) groups excluding carboxylic acids is 1. The molecular formula is C12H13NO2. The van der Waals surface area contributed by atoms with Gasteiger partial charge in [0.25, 0.3) is 0 Å². The van der Waals surface area contributed by atoms with Crippen LogP contribution >= 0.6 is 0 Å². The summed E-state index contributed by atoms with van der Waals surface area (Å²) >= 11 is 0. The number of nitrogens with one attached hydrogen (secondary N) is 1. The highest BCUT2D eigenvalue weighted by Gasteiger charge is 2.10. The largest absolute Gasteiger partial charge is 0.496 e. The van der Waals surface area contributed by atoms with Crippen molar-refractivity contribution in [3.05, 3.63) is 29.5 Å². The van der Waals surface area contributed by atoms with Crippen LogP contribution in [0.4, 0.5) is 0 Å². The number of ether oxygens (including phenoxy) is 1. The predicted octanol–water partition coefficient (Wildman–Crippen LogP) is 2.69. The number of methoxy groups -OCH3 is 1. The quantitative estimate of drug-likeness (QED) is 0.762. The molecule has 15 heavy (non-hydrogen) atoms. The Kier molecular flexibility index (Phi) is 2.23. The van der Waals surface area contributed by atoms with Gasteiger partial charge >= 0.3 is 0 Å². The molecule has 78 valence electrons. The molecule has 0 fully saturated rings. The summed E-state index contributed by atoms with van der Waals surface area (Å²) in [6, 6.07) is 3.89. The number of aromatic nitrogens is 1. The lowest BCUT2D eigenvalue weighted by Gasteiger charge is -2.04. The summed E-state index contributed by atoms with van der Waals surface area (Å²) in [4.78, 5) is 14.4. The molecule has 0 saturated carbocycles. The SMILES string of the molecule is COc1cc2[nH]cc(C(C)=O)c2cc1C. The molecule has 1 heterocycles. The molecule has 0 unspecified atom stereocenters. The van der Waals surface area contributed by atoms with Gasteiger partial charge in [-0.05, 0) is 25.5 Å². The number of benzene rings is 1. The minimum atomic E-state index is 0.0748. The average Bonchev–Trinajstić information content (AvgIpc) is 2.59. The zero-order chi connectivity index (χ0) is 11.0. The Morgan fingerprint density at radius 1 is 1.40 bits per heavy atom. The zero-order valence-electron chi connectivity index (χ0n) is 9.05. The second kappa shape index (κ2) is 3.42. The molecule has 1 aromatic heterocycles. The van der Waals surface area contributed by atoms with Crippen molar-refractivity contribution in [1.29, 1.82) is 0 Å². The zero-order valence-corrected chi connectivity index (χ0v) is 9.05. The summed E-state index contributed by atoms with van der Waals surface area (Å²) in [5.41, 5.74) is 2.70. The first kappa shape index (κ1) is 9.77. The maximum Gasteiger partial charge on any atom is 0.161 e. The van der Waals surface area contributed by atoms with E-state index in [0.717, 1.165) is 27.8 Å². The number of fused-ring (bicyclic) bond motifs is 1. The summed E-state index contributed by atoms with van der Waals surface area (Å²) in [6.07, 6.45) is 1.74. The Hall–Kier alpha value is -1.77. The van der Waals surface area contributed by atoms with Gasteiger partial charge in [-0.2, -0.15) is 0 Å². The summed E-state index contributed by atoms with van der Waals surface area (Å²) < 4.78 is 5.22. The van der Waals surface area contributed by atoms with Gasteiger partial charge in [-0.25, -0.2) is 0 Å². The van der Waals surface area contributed by atoms with Crippen LogP contribution < -0.4 is 4.74 Å². The second-order valence-electron chi connectivity index (χ2n) is 3.63. The van der Waals surface area contributed by atoms with E-state index in [4.69, 9.17) is 4.74 Å². The van der Waals surface area contributed by atoms with Crippen molar-refractivity contribution >= 4 is 16.7 Å². The van der Waals surface area contributed by atoms with E-state index in [1.165, 1.54) is 0 Å². The standard InChI is InChI=1S/C12H13NO2/c1-7-4-9-10(8(2)14)6-13-11(9)5-12(7)15-3/h4-6,13H,1-3H3. The fraction of sp³-hybridized carbons (Fsp3) is 0.250. The number of hydrogen-bond acceptors (Lipinski definition) is 2. The van der Waals surface area contributed by atoms with Crippen molar-refractivity contribution in [1.82, 2.24) is 4.98 Å². The lowest BCUT2D eigenvalue weighted by atomic mass is 10.1. The first-order valence-corrected chi connectivity index (χ1v) is 4.80. The molecule has 0 aliphatic heterocycles. The van der Waals surface area contributed by atoms with Crippen molar-refractivity contribution in [2.24, 2.45) is 0 Å². The predicted molar refractivity (Wildman–Crippen MR) is 59.6 cm³/mol. The van der Waals surface area contributed by atoms with Gasteiger partial charge in [-0.15, -0.1) is 0 Å². The second-order valence-corrected chi connectivity index (χ2v) is 3.63. The third-order valence-corrected chi connectivity index (χ3v) is 2.58. The van der Waals surface area contributed by atoms with Crippen molar-refractivity contribution in [2.75, 3.05) is 7.11 Å². The van der Waals surface area contributed by atoms with Gasteiger partial charge in [0.15, 0.2) is 5.78 Å². The average molecular weight is 203 g/mol. The van der Waals surface area contributed by atoms with Crippen LogP contribution in [0, 0.1) is 6.92 Å². The van der Waals surface area contributed by atoms with E-state index < -0.39 is 0 Å². The molecule has 0 saturated heterocycles. The van der Waals surface area contributed by atoms with Gasteiger partial charge in [-0.3, -0.25) is 4.79 Å². The molecule has 2 aromatic rings. The van der Waals surface area contributed by atoms with Crippen molar-refractivity contribution < 1.29 is 9.53 Å². The van der Waals surface area contributed by atoms with Crippen LogP contribution in [-0.2, 0) is 0 Å². The Balaban J connectivity index is 2.73. The highest BCUT2D eigenvalue weighted by molar-refractivity contribution is 6.07. The summed E-state index contributed by atoms with van der Waals surface area (Å²) in [5, 5.41) is 0.959. The number of ketones is 1. The monoisotopic (exact) mass is 203 g/mol. The fourth-order valence-electron chi connectivity index (χ4n) is 1.77. The van der Waals surface area contributed by atoms with Crippen LogP contribution in [0.5, 0.6) is 5.75 Å². The topological polar surface area (TPSA) is 42.1 Å². The van der Waals surface area contributed by atoms with E-state index in [-0.39, 0.29) is 5.78 Å². The smallest absolute Gasteiger partial charge is 0.161 e. The van der Waals surface area contributed by atoms with Crippen LogP contribution in [0.25, 0.3) is 10.9 Å². The Labute approximate surface area is 88.1 Å². The normalized spacial score (nSPS) is 10.6. The van der Waals surface area contributed by atoms with Crippen LogP contribution in [0.2, 0.25) is 0 Å². The lowest BCUT2D eigenvalue weighted by molar-refractivity contribution is 0.101. The van der Waals surface area contributed by atoms with E-state index >= 15 is 0 Å². The van der Waals surface area contributed by atoms with Gasteiger partial charge < -0.3 is 9.72 Å². The Bertz CT molecular complexity index is 526. The molecule has 0 aliphatic carbocycles. The Morgan fingerprint density at radius 3 is 2.73 bits per heavy atom. The van der Waals surface area contributed by atoms with Crippen LogP contribution in [-0.4, -0.2) is 17.9 Å². The number of hydrogen-bond donors (Lipinski definition) is 1. The van der Waals surface area contributed by atoms with E-state index in [2.05, 4.69) is 4.98 Å². The molecule has 0 atom stereocenters. The van der Waals surface area contributed by atoms with Crippen molar-refractivity contribution in [3.8, 4) is 5.75 Å². The summed E-state index contributed by atoms with van der Waals surface area (Å²) in [6.45, 7) is 3.54. The molecule has 0 amide bonds. The molecular weight excluding hydrogens is 190 g/mol. The molecule has 3 heteroatoms. The number of rotatable bonds is 2. The minimum Gasteiger partial charge on any atom is -0.496 e. The first-order valence-electron chi connectivity index (χ1n) is 4.80. The molecule has 1 aromatic carbocycles. The van der Waals surface area contributed by atoms with E-state index in [9.17, 15) is 4.79 Å². The number of Topliss-reactive ketones (excluding diaryl/α,β-unsaturated/α-hetero) is 1. The molecule has 0 bridgehead atoms.